The molecule has 3 unspecified atom stereocenters. The summed E-state index contributed by atoms with van der Waals surface area (Å²) in [6.45, 7) is 12.1. The highest BCUT2D eigenvalue weighted by molar-refractivity contribution is 7.91. The number of fused-ring (bicyclic) bond motifs is 1. The lowest BCUT2D eigenvalue weighted by Crippen LogP contribution is -2.56. The van der Waals surface area contributed by atoms with Gasteiger partial charge in [0.1, 0.15) is 17.7 Å². The Bertz CT molecular complexity index is 1640. The van der Waals surface area contributed by atoms with Gasteiger partial charge in [-0.1, -0.05) is 38.5 Å². The van der Waals surface area contributed by atoms with Gasteiger partial charge in [0.25, 0.3) is 5.91 Å². The third-order valence-corrected chi connectivity index (χ3v) is 12.2. The molecule has 12 nitrogen and oxygen atoms in total. The quantitative estimate of drug-likeness (QED) is 0.230. The normalized spacial score (nSPS) is 22.0. The van der Waals surface area contributed by atoms with Gasteiger partial charge < -0.3 is 19.7 Å². The number of ether oxygens (including phenoxy) is 2. The molecule has 3 fully saturated rings. The van der Waals surface area contributed by atoms with Gasteiger partial charge in [-0.3, -0.25) is 19.1 Å². The summed E-state index contributed by atoms with van der Waals surface area (Å²) in [7, 11) is -3.87. The average Bonchev–Trinajstić information content (AvgIpc) is 3.97. The van der Waals surface area contributed by atoms with Crippen LogP contribution in [0, 0.1) is 11.8 Å². The second kappa shape index (κ2) is 14.4. The van der Waals surface area contributed by atoms with Crippen LogP contribution < -0.4 is 19.5 Å². The highest BCUT2D eigenvalue weighted by Gasteiger charge is 2.57. The van der Waals surface area contributed by atoms with Crippen molar-refractivity contribution in [2.24, 2.45) is 11.8 Å². The number of benzene rings is 1. The Morgan fingerprint density at radius 1 is 1.10 bits per heavy atom. The van der Waals surface area contributed by atoms with E-state index in [1.807, 2.05) is 37.3 Å². The lowest BCUT2D eigenvalue weighted by Gasteiger charge is -2.28. The maximum Gasteiger partial charge on any atom is 0.259 e. The first kappa shape index (κ1) is 35.6. The van der Waals surface area contributed by atoms with Gasteiger partial charge >= 0.3 is 0 Å². The summed E-state index contributed by atoms with van der Waals surface area (Å²) in [6.07, 6.45) is 6.97. The number of aromatic nitrogens is 2. The van der Waals surface area contributed by atoms with Crippen molar-refractivity contribution in [1.29, 1.82) is 0 Å². The zero-order chi connectivity index (χ0) is 34.7. The Morgan fingerprint density at radius 3 is 2.38 bits per heavy atom. The number of nitrogens with one attached hydrogen (secondary N) is 2. The van der Waals surface area contributed by atoms with Crippen LogP contribution in [0.5, 0.6) is 11.8 Å². The van der Waals surface area contributed by atoms with Crippen LogP contribution in [-0.4, -0.2) is 76.8 Å². The fourth-order valence-corrected chi connectivity index (χ4v) is 7.76. The Labute approximate surface area is 283 Å². The average molecular weight is 684 g/mol. The molecular formula is C35H49N5O7S. The van der Waals surface area contributed by atoms with E-state index in [0.29, 0.717) is 49.5 Å². The number of carbonyl (C=O) groups is 3. The first-order chi connectivity index (χ1) is 22.8. The minimum Gasteiger partial charge on any atom is -0.476 e. The zero-order valence-corrected chi connectivity index (χ0v) is 29.3. The number of nitrogens with zero attached hydrogens (tertiary/aromatic N) is 3. The van der Waals surface area contributed by atoms with Crippen LogP contribution in [0.15, 0.2) is 36.9 Å². The Kier molecular flexibility index (Phi) is 10.7. The summed E-state index contributed by atoms with van der Waals surface area (Å²) in [5, 5.41) is 12.8. The van der Waals surface area contributed by atoms with Crippen molar-refractivity contribution < 1.29 is 32.3 Å². The standard InChI is InChI=1S/C35H49N5O7S/c1-6-9-12-23(4)19-24(7-2)20-29(41)40-22-25(47-32-27-14-11-10-13-26(27)31(37-38-32)46-8-3)21-28(40)30(42)36-35(17-18-35)33(43)39-48(44,45)34(5)15-16-34/h6,10-11,13-14,23-25,28H,1,7-9,12,15-22H2,2-5H3,(H,36,42)(H,39,43)/t23?,24?,25-,28?/m1/s1. The molecule has 48 heavy (non-hydrogen) atoms. The van der Waals surface area contributed by atoms with Crippen LogP contribution in [0.3, 0.4) is 0 Å². The van der Waals surface area contributed by atoms with Crippen molar-refractivity contribution in [3.63, 3.8) is 0 Å². The highest BCUT2D eigenvalue weighted by atomic mass is 32.2. The predicted molar refractivity (Wildman–Crippen MR) is 182 cm³/mol. The molecule has 262 valence electrons. The zero-order valence-electron chi connectivity index (χ0n) is 28.5. The molecule has 2 N–H and O–H groups in total. The van der Waals surface area contributed by atoms with Gasteiger partial charge in [-0.25, -0.2) is 8.42 Å². The maximum atomic E-state index is 13.9. The molecule has 1 aromatic heterocycles. The number of rotatable bonds is 17. The van der Waals surface area contributed by atoms with Crippen LogP contribution in [0.4, 0.5) is 0 Å². The van der Waals surface area contributed by atoms with Crippen LogP contribution in [0.2, 0.25) is 0 Å². The fourth-order valence-electron chi connectivity index (χ4n) is 6.44. The smallest absolute Gasteiger partial charge is 0.259 e. The minimum atomic E-state index is -3.87. The van der Waals surface area contributed by atoms with Crippen molar-refractivity contribution in [3.05, 3.63) is 36.9 Å². The van der Waals surface area contributed by atoms with Crippen molar-refractivity contribution in [1.82, 2.24) is 25.1 Å². The summed E-state index contributed by atoms with van der Waals surface area (Å²) in [4.78, 5) is 42.6. The molecule has 2 aliphatic carbocycles. The van der Waals surface area contributed by atoms with Gasteiger partial charge in [0.05, 0.1) is 28.7 Å². The van der Waals surface area contributed by atoms with Gasteiger partial charge in [0.2, 0.25) is 33.6 Å². The van der Waals surface area contributed by atoms with Gasteiger partial charge in [-0.2, -0.15) is 0 Å². The van der Waals surface area contributed by atoms with E-state index in [2.05, 4.69) is 40.7 Å². The van der Waals surface area contributed by atoms with Gasteiger partial charge in [-0.15, -0.1) is 16.8 Å². The topological polar surface area (TPSA) is 157 Å². The van der Waals surface area contributed by atoms with E-state index in [-0.39, 0.29) is 37.1 Å². The Hall–Kier alpha value is -3.74. The van der Waals surface area contributed by atoms with E-state index in [0.717, 1.165) is 31.1 Å². The third-order valence-electron chi connectivity index (χ3n) is 10.1. The summed E-state index contributed by atoms with van der Waals surface area (Å²) in [5.41, 5.74) is -1.33. The third kappa shape index (κ3) is 7.76. The maximum absolute atomic E-state index is 13.9. The second-order valence-electron chi connectivity index (χ2n) is 14.0. The van der Waals surface area contributed by atoms with E-state index in [9.17, 15) is 22.8 Å². The molecule has 1 aromatic carbocycles. The number of amides is 3. The summed E-state index contributed by atoms with van der Waals surface area (Å²) >= 11 is 0. The van der Waals surface area contributed by atoms with Gasteiger partial charge in [-0.05, 0) is 82.8 Å². The molecule has 5 rings (SSSR count). The molecule has 2 aromatic rings. The van der Waals surface area contributed by atoms with Crippen molar-refractivity contribution in [3.8, 4) is 11.8 Å². The molecule has 0 bridgehead atoms. The molecule has 3 amide bonds. The van der Waals surface area contributed by atoms with Crippen LogP contribution in [0.25, 0.3) is 10.8 Å². The largest absolute Gasteiger partial charge is 0.476 e. The number of hydrogen-bond acceptors (Lipinski definition) is 9. The Balaban J connectivity index is 1.34. The summed E-state index contributed by atoms with van der Waals surface area (Å²) in [6, 6.07) is 6.54. The van der Waals surface area contributed by atoms with Crippen LogP contribution in [0.1, 0.15) is 91.9 Å². The molecule has 13 heteroatoms. The number of likely N-dealkylation sites (tertiary alicyclic amines) is 1. The number of allylic oxidation sites excluding steroid dienone is 1. The van der Waals surface area contributed by atoms with Crippen molar-refractivity contribution in [2.75, 3.05) is 13.2 Å². The summed E-state index contributed by atoms with van der Waals surface area (Å²) in [5.74, 6) is -0.188. The van der Waals surface area contributed by atoms with E-state index in [1.54, 1.807) is 11.8 Å². The monoisotopic (exact) mass is 683 g/mol. The van der Waals surface area contributed by atoms with E-state index >= 15 is 0 Å². The summed E-state index contributed by atoms with van der Waals surface area (Å²) < 4.78 is 38.8. The van der Waals surface area contributed by atoms with Crippen LogP contribution in [-0.2, 0) is 24.4 Å². The molecule has 2 saturated carbocycles. The SMILES string of the molecule is C=CCCC(C)CC(CC)CC(=O)N1C[C@H](Oc2nnc(OCC)c3ccccc23)CC1C(=O)NC1(C(=O)NS(=O)(=O)C2(C)CC2)CC1. The van der Waals surface area contributed by atoms with Gasteiger partial charge in [0, 0.05) is 12.8 Å². The van der Waals surface area contributed by atoms with Gasteiger partial charge in [0.15, 0.2) is 0 Å². The molecular weight excluding hydrogens is 634 g/mol. The molecule has 1 aliphatic heterocycles. The fraction of sp³-hybridized carbons (Fsp3) is 0.629. The molecule has 0 spiro atoms. The van der Waals surface area contributed by atoms with Crippen LogP contribution >= 0.6 is 0 Å². The van der Waals surface area contributed by atoms with E-state index < -0.39 is 44.3 Å². The molecule has 1 saturated heterocycles. The number of sulfonamides is 1. The number of hydrogen-bond donors (Lipinski definition) is 2. The molecule has 0 radical (unpaired) electrons. The Morgan fingerprint density at radius 2 is 1.77 bits per heavy atom. The molecule has 4 atom stereocenters. The van der Waals surface area contributed by atoms with E-state index in [4.69, 9.17) is 9.47 Å². The van der Waals surface area contributed by atoms with Crippen molar-refractivity contribution in [2.45, 2.75) is 114 Å². The number of carbonyl (C=O) groups excluding carboxylic acids is 3. The second-order valence-corrected chi connectivity index (χ2v) is 16.2. The predicted octanol–water partition coefficient (Wildman–Crippen LogP) is 4.43. The molecule has 3 aliphatic rings. The first-order valence-electron chi connectivity index (χ1n) is 17.2. The minimum absolute atomic E-state index is 0.136. The highest BCUT2D eigenvalue weighted by Crippen LogP contribution is 2.43. The molecule has 2 heterocycles. The lowest BCUT2D eigenvalue weighted by molar-refractivity contribution is -0.140. The lowest BCUT2D eigenvalue weighted by atomic mass is 9.88. The van der Waals surface area contributed by atoms with Crippen molar-refractivity contribution >= 4 is 38.5 Å². The van der Waals surface area contributed by atoms with E-state index in [1.165, 1.54) is 0 Å². The first-order valence-corrected chi connectivity index (χ1v) is 18.7.